The lowest BCUT2D eigenvalue weighted by atomic mass is 10.2. The second-order valence-corrected chi connectivity index (χ2v) is 6.25. The molecule has 2 aliphatic rings. The predicted molar refractivity (Wildman–Crippen MR) is 90.9 cm³/mol. The van der Waals surface area contributed by atoms with Gasteiger partial charge in [0.1, 0.15) is 0 Å². The summed E-state index contributed by atoms with van der Waals surface area (Å²) in [6.07, 6.45) is 1.25. The summed E-state index contributed by atoms with van der Waals surface area (Å²) in [5, 5.41) is 0. The monoisotopic (exact) mass is 300 g/mol. The molecule has 0 aromatic rings. The van der Waals surface area contributed by atoms with Crippen molar-refractivity contribution in [3.8, 4) is 0 Å². The highest BCUT2D eigenvalue weighted by Gasteiger charge is 2.23. The summed E-state index contributed by atoms with van der Waals surface area (Å²) in [6, 6.07) is 0.656. The number of ether oxygens (including phenoxy) is 2. The van der Waals surface area contributed by atoms with Crippen molar-refractivity contribution in [2.75, 3.05) is 39.8 Å². The lowest BCUT2D eigenvalue weighted by Crippen LogP contribution is -2.48. The Hall–Kier alpha value is -0.420. The standard InChI is InChI=1S/C9H19NO.C6H13NO.C2H4/c1-7(2)10-5-8(3)11-9(4)6-10;1-6-5-7(2)3-4-8-6;1-2/h7-9H,5-6H2,1-4H3;6H,3-5H2,1-2H3;1-2H2/t8-,9-;6-;/m01./s1. The van der Waals surface area contributed by atoms with E-state index in [0.29, 0.717) is 24.4 Å². The van der Waals surface area contributed by atoms with Gasteiger partial charge in [-0.15, -0.1) is 13.2 Å². The molecular weight excluding hydrogens is 264 g/mol. The zero-order valence-corrected chi connectivity index (χ0v) is 15.0. The van der Waals surface area contributed by atoms with E-state index in [1.54, 1.807) is 0 Å². The number of nitrogens with zero attached hydrogens (tertiary/aromatic N) is 2. The second-order valence-electron chi connectivity index (χ2n) is 6.25. The highest BCUT2D eigenvalue weighted by molar-refractivity contribution is 4.75. The van der Waals surface area contributed by atoms with Crippen molar-refractivity contribution in [3.63, 3.8) is 0 Å². The number of hydrogen-bond acceptors (Lipinski definition) is 4. The Bertz CT molecular complexity index is 243. The third-order valence-electron chi connectivity index (χ3n) is 3.62. The van der Waals surface area contributed by atoms with Gasteiger partial charge >= 0.3 is 0 Å². The van der Waals surface area contributed by atoms with Crippen LogP contribution >= 0.6 is 0 Å². The van der Waals surface area contributed by atoms with Gasteiger partial charge in [0.25, 0.3) is 0 Å². The zero-order chi connectivity index (χ0) is 16.4. The Balaban J connectivity index is 0.000000354. The first-order valence-electron chi connectivity index (χ1n) is 8.08. The summed E-state index contributed by atoms with van der Waals surface area (Å²) < 4.78 is 10.9. The van der Waals surface area contributed by atoms with Crippen LogP contribution in [0, 0.1) is 0 Å². The van der Waals surface area contributed by atoms with Crippen LogP contribution in [0.5, 0.6) is 0 Å². The minimum atomic E-state index is 0.404. The van der Waals surface area contributed by atoms with E-state index in [1.807, 2.05) is 0 Å². The molecule has 126 valence electrons. The maximum Gasteiger partial charge on any atom is 0.0678 e. The van der Waals surface area contributed by atoms with Crippen LogP contribution in [-0.4, -0.2) is 74.0 Å². The van der Waals surface area contributed by atoms with Gasteiger partial charge in [0.2, 0.25) is 0 Å². The van der Waals surface area contributed by atoms with Gasteiger partial charge in [-0.05, 0) is 41.7 Å². The summed E-state index contributed by atoms with van der Waals surface area (Å²) in [5.74, 6) is 0. The topological polar surface area (TPSA) is 24.9 Å². The molecule has 3 atom stereocenters. The second kappa shape index (κ2) is 11.2. The number of rotatable bonds is 1. The third-order valence-corrected chi connectivity index (χ3v) is 3.62. The first-order chi connectivity index (χ1) is 9.88. The summed E-state index contributed by atoms with van der Waals surface area (Å²) in [6.45, 7) is 22.1. The van der Waals surface area contributed by atoms with Crippen LogP contribution in [0.2, 0.25) is 0 Å². The molecule has 0 unspecified atom stereocenters. The summed E-state index contributed by atoms with van der Waals surface area (Å²) in [7, 11) is 2.12. The average molecular weight is 300 g/mol. The fourth-order valence-electron chi connectivity index (χ4n) is 2.63. The molecule has 0 aliphatic carbocycles. The van der Waals surface area contributed by atoms with Crippen LogP contribution in [0.1, 0.15) is 34.6 Å². The van der Waals surface area contributed by atoms with E-state index >= 15 is 0 Å². The van der Waals surface area contributed by atoms with Crippen LogP contribution in [0.4, 0.5) is 0 Å². The van der Waals surface area contributed by atoms with Gasteiger partial charge in [-0.3, -0.25) is 4.90 Å². The largest absolute Gasteiger partial charge is 0.376 e. The molecule has 2 aliphatic heterocycles. The number of morpholine rings is 2. The Kier molecular flexibility index (Phi) is 11.0. The van der Waals surface area contributed by atoms with Crippen molar-refractivity contribution >= 4 is 0 Å². The van der Waals surface area contributed by atoms with Crippen molar-refractivity contribution in [2.45, 2.75) is 59.0 Å². The van der Waals surface area contributed by atoms with Gasteiger partial charge in [0.15, 0.2) is 0 Å². The van der Waals surface area contributed by atoms with Gasteiger partial charge in [-0.1, -0.05) is 0 Å². The van der Waals surface area contributed by atoms with E-state index in [-0.39, 0.29) is 0 Å². The minimum absolute atomic E-state index is 0.404. The fraction of sp³-hybridized carbons (Fsp3) is 0.882. The minimum Gasteiger partial charge on any atom is -0.376 e. The lowest BCUT2D eigenvalue weighted by Gasteiger charge is -2.37. The van der Waals surface area contributed by atoms with E-state index in [2.05, 4.69) is 64.6 Å². The highest BCUT2D eigenvalue weighted by Crippen LogP contribution is 2.12. The van der Waals surface area contributed by atoms with E-state index in [0.717, 1.165) is 32.8 Å². The number of likely N-dealkylation sites (N-methyl/N-ethyl adjacent to an activating group) is 1. The normalized spacial score (nSPS) is 30.9. The Labute approximate surface area is 132 Å². The van der Waals surface area contributed by atoms with E-state index in [9.17, 15) is 0 Å². The predicted octanol–water partition coefficient (Wildman–Crippen LogP) is 2.64. The van der Waals surface area contributed by atoms with Crippen LogP contribution in [0.15, 0.2) is 13.2 Å². The molecule has 2 fully saturated rings. The molecule has 2 rings (SSSR count). The maximum atomic E-state index is 5.62. The first-order valence-corrected chi connectivity index (χ1v) is 8.08. The Morgan fingerprint density at radius 2 is 1.48 bits per heavy atom. The summed E-state index contributed by atoms with van der Waals surface area (Å²) in [5.41, 5.74) is 0. The van der Waals surface area contributed by atoms with Gasteiger partial charge in [-0.25, -0.2) is 0 Å². The Morgan fingerprint density at radius 1 is 0.952 bits per heavy atom. The van der Waals surface area contributed by atoms with Gasteiger partial charge in [0, 0.05) is 32.2 Å². The molecule has 0 aromatic heterocycles. The molecule has 2 heterocycles. The van der Waals surface area contributed by atoms with Crippen molar-refractivity contribution < 1.29 is 9.47 Å². The van der Waals surface area contributed by atoms with E-state index in [4.69, 9.17) is 9.47 Å². The molecule has 0 radical (unpaired) electrons. The van der Waals surface area contributed by atoms with Crippen molar-refractivity contribution in [1.82, 2.24) is 9.80 Å². The molecular formula is C17H36N2O2. The van der Waals surface area contributed by atoms with Gasteiger partial charge < -0.3 is 14.4 Å². The molecule has 2 saturated heterocycles. The molecule has 0 bridgehead atoms. The maximum absolute atomic E-state index is 5.62. The fourth-order valence-corrected chi connectivity index (χ4v) is 2.63. The molecule has 0 spiro atoms. The lowest BCUT2D eigenvalue weighted by molar-refractivity contribution is -0.0764. The zero-order valence-electron chi connectivity index (χ0n) is 15.0. The Morgan fingerprint density at radius 3 is 1.81 bits per heavy atom. The van der Waals surface area contributed by atoms with Crippen LogP contribution in [0.25, 0.3) is 0 Å². The summed E-state index contributed by atoms with van der Waals surface area (Å²) >= 11 is 0. The van der Waals surface area contributed by atoms with E-state index in [1.165, 1.54) is 0 Å². The molecule has 0 N–H and O–H groups in total. The van der Waals surface area contributed by atoms with E-state index < -0.39 is 0 Å². The van der Waals surface area contributed by atoms with Crippen LogP contribution < -0.4 is 0 Å². The van der Waals surface area contributed by atoms with Gasteiger partial charge in [0.05, 0.1) is 24.9 Å². The average Bonchev–Trinajstić information content (AvgIpc) is 2.40. The smallest absolute Gasteiger partial charge is 0.0678 e. The van der Waals surface area contributed by atoms with Gasteiger partial charge in [-0.2, -0.15) is 0 Å². The molecule has 21 heavy (non-hydrogen) atoms. The SMILES string of the molecule is C=C.CC(C)N1C[C@H](C)O[C@@H](C)C1.C[C@@H]1CN(C)CCO1. The molecule has 0 aromatic carbocycles. The number of hydrogen-bond donors (Lipinski definition) is 0. The van der Waals surface area contributed by atoms with Crippen molar-refractivity contribution in [3.05, 3.63) is 13.2 Å². The quantitative estimate of drug-likeness (QED) is 0.695. The summed E-state index contributed by atoms with van der Waals surface area (Å²) in [4.78, 5) is 4.76. The molecule has 4 nitrogen and oxygen atoms in total. The molecule has 0 saturated carbocycles. The van der Waals surface area contributed by atoms with Crippen molar-refractivity contribution in [2.24, 2.45) is 0 Å². The van der Waals surface area contributed by atoms with Crippen LogP contribution in [-0.2, 0) is 9.47 Å². The highest BCUT2D eigenvalue weighted by atomic mass is 16.5. The molecule has 0 amide bonds. The molecule has 4 heteroatoms. The van der Waals surface area contributed by atoms with Crippen LogP contribution in [0.3, 0.4) is 0 Å². The van der Waals surface area contributed by atoms with Crippen molar-refractivity contribution in [1.29, 1.82) is 0 Å². The first kappa shape index (κ1) is 20.6. The third kappa shape index (κ3) is 9.25.